The van der Waals surface area contributed by atoms with Crippen molar-refractivity contribution in [3.8, 4) is 10.6 Å². The highest BCUT2D eigenvalue weighted by atomic mass is 32.1. The highest BCUT2D eigenvalue weighted by Gasteiger charge is 2.32. The van der Waals surface area contributed by atoms with Crippen LogP contribution in [0.4, 0.5) is 20.8 Å². The lowest BCUT2D eigenvalue weighted by molar-refractivity contribution is 0.0963. The number of aliphatic hydroxyl groups excluding tert-OH is 1. The van der Waals surface area contributed by atoms with Crippen molar-refractivity contribution in [2.24, 2.45) is 7.05 Å². The Morgan fingerprint density at radius 1 is 1.38 bits per heavy atom. The molecule has 0 spiro atoms. The van der Waals surface area contributed by atoms with Gasteiger partial charge in [-0.05, 0) is 23.4 Å². The Balaban J connectivity index is 1.36. The van der Waals surface area contributed by atoms with Gasteiger partial charge in [0.25, 0.3) is 5.95 Å². The SMILES string of the molecule is Cn1nnc(N2Cc3nc(-c4ccc(N5C[C@H](CO)OC5=O)cc4F)sc3C2)n1. The fourth-order valence-electron chi connectivity index (χ4n) is 3.37. The van der Waals surface area contributed by atoms with Crippen LogP contribution in [-0.2, 0) is 24.9 Å². The van der Waals surface area contributed by atoms with Gasteiger partial charge in [0, 0.05) is 10.4 Å². The maximum atomic E-state index is 14.8. The Kier molecular flexibility index (Phi) is 4.17. The molecule has 1 N–H and O–H groups in total. The highest BCUT2D eigenvalue weighted by molar-refractivity contribution is 7.15. The molecule has 3 aromatic rings. The molecule has 150 valence electrons. The van der Waals surface area contributed by atoms with Gasteiger partial charge in [-0.25, -0.2) is 14.2 Å². The fourth-order valence-corrected chi connectivity index (χ4v) is 4.48. The van der Waals surface area contributed by atoms with E-state index in [9.17, 15) is 9.18 Å². The zero-order valence-corrected chi connectivity index (χ0v) is 16.1. The van der Waals surface area contributed by atoms with Crippen LogP contribution in [0.2, 0.25) is 0 Å². The average molecular weight is 417 g/mol. The van der Waals surface area contributed by atoms with E-state index >= 15 is 0 Å². The normalized spacial score (nSPS) is 18.4. The summed E-state index contributed by atoms with van der Waals surface area (Å²) in [6.07, 6.45) is -1.19. The van der Waals surface area contributed by atoms with Gasteiger partial charge in [0.2, 0.25) is 0 Å². The Labute approximate surface area is 168 Å². The zero-order valence-electron chi connectivity index (χ0n) is 15.3. The van der Waals surface area contributed by atoms with Crippen LogP contribution in [0.3, 0.4) is 0 Å². The summed E-state index contributed by atoms with van der Waals surface area (Å²) in [5.74, 6) is 0.0658. The maximum absolute atomic E-state index is 14.8. The number of halogens is 1. The van der Waals surface area contributed by atoms with E-state index in [0.717, 1.165) is 10.6 Å². The molecule has 5 rings (SSSR count). The molecule has 2 aliphatic heterocycles. The third-order valence-electron chi connectivity index (χ3n) is 4.81. The first-order valence-corrected chi connectivity index (χ1v) is 9.70. The van der Waals surface area contributed by atoms with Crippen molar-refractivity contribution in [3.63, 3.8) is 0 Å². The Bertz CT molecular complexity index is 1080. The molecule has 0 radical (unpaired) electrons. The van der Waals surface area contributed by atoms with E-state index < -0.39 is 18.0 Å². The van der Waals surface area contributed by atoms with E-state index in [1.807, 2.05) is 4.90 Å². The second-order valence-corrected chi connectivity index (χ2v) is 7.87. The molecule has 1 amide bonds. The number of fused-ring (bicyclic) bond motifs is 1. The molecule has 12 heteroatoms. The first-order chi connectivity index (χ1) is 14.0. The number of benzene rings is 1. The molecule has 2 aromatic heterocycles. The molecule has 10 nitrogen and oxygen atoms in total. The number of hydrogen-bond donors (Lipinski definition) is 1. The number of anilines is 2. The topological polar surface area (TPSA) is 110 Å². The van der Waals surface area contributed by atoms with Gasteiger partial charge in [0.05, 0.1) is 44.7 Å². The van der Waals surface area contributed by atoms with Gasteiger partial charge >= 0.3 is 6.09 Å². The molecule has 1 saturated heterocycles. The van der Waals surface area contributed by atoms with Crippen molar-refractivity contribution >= 4 is 29.1 Å². The van der Waals surface area contributed by atoms with Gasteiger partial charge in [0.1, 0.15) is 16.9 Å². The zero-order chi connectivity index (χ0) is 20.1. The molecule has 0 aliphatic carbocycles. The van der Waals surface area contributed by atoms with Crippen molar-refractivity contribution in [2.45, 2.75) is 19.2 Å². The van der Waals surface area contributed by atoms with Crippen LogP contribution in [0.15, 0.2) is 18.2 Å². The Morgan fingerprint density at radius 3 is 2.90 bits per heavy atom. The lowest BCUT2D eigenvalue weighted by atomic mass is 10.2. The number of hydrogen-bond acceptors (Lipinski definition) is 9. The van der Waals surface area contributed by atoms with Gasteiger partial charge < -0.3 is 14.7 Å². The van der Waals surface area contributed by atoms with E-state index in [1.165, 1.54) is 27.1 Å². The molecule has 0 saturated carbocycles. The van der Waals surface area contributed by atoms with Gasteiger partial charge in [-0.15, -0.1) is 16.4 Å². The van der Waals surface area contributed by atoms with E-state index in [1.54, 1.807) is 19.2 Å². The first kappa shape index (κ1) is 17.9. The summed E-state index contributed by atoms with van der Waals surface area (Å²) >= 11 is 1.42. The van der Waals surface area contributed by atoms with Crippen LogP contribution in [0.25, 0.3) is 10.6 Å². The van der Waals surface area contributed by atoms with Crippen molar-refractivity contribution in [2.75, 3.05) is 23.0 Å². The maximum Gasteiger partial charge on any atom is 0.414 e. The number of thiazole rings is 1. The van der Waals surface area contributed by atoms with Crippen molar-refractivity contribution < 1.29 is 19.0 Å². The number of cyclic esters (lactones) is 1. The van der Waals surface area contributed by atoms with Crippen molar-refractivity contribution in [1.82, 2.24) is 25.2 Å². The summed E-state index contributed by atoms with van der Waals surface area (Å²) in [6, 6.07) is 4.56. The van der Waals surface area contributed by atoms with E-state index in [0.29, 0.717) is 35.3 Å². The quantitative estimate of drug-likeness (QED) is 0.677. The third kappa shape index (κ3) is 3.09. The van der Waals surface area contributed by atoms with Crippen LogP contribution in [0.5, 0.6) is 0 Å². The van der Waals surface area contributed by atoms with Gasteiger partial charge in [-0.3, -0.25) is 4.90 Å². The molecule has 29 heavy (non-hydrogen) atoms. The largest absolute Gasteiger partial charge is 0.441 e. The highest BCUT2D eigenvalue weighted by Crippen LogP contribution is 2.37. The number of ether oxygens (including phenoxy) is 1. The van der Waals surface area contributed by atoms with E-state index in [-0.39, 0.29) is 13.2 Å². The lowest BCUT2D eigenvalue weighted by Gasteiger charge is -2.14. The molecular formula is C17H16FN7O3S. The smallest absolute Gasteiger partial charge is 0.414 e. The molecule has 0 unspecified atom stereocenters. The van der Waals surface area contributed by atoms with Crippen LogP contribution in [0, 0.1) is 5.82 Å². The summed E-state index contributed by atoms with van der Waals surface area (Å²) in [5, 5.41) is 21.8. The van der Waals surface area contributed by atoms with E-state index in [2.05, 4.69) is 20.4 Å². The number of carbonyl (C=O) groups is 1. The molecule has 1 fully saturated rings. The van der Waals surface area contributed by atoms with Gasteiger partial charge in [-0.1, -0.05) is 5.10 Å². The molecule has 4 heterocycles. The molecular weight excluding hydrogens is 401 g/mol. The van der Waals surface area contributed by atoms with Crippen LogP contribution in [-0.4, -0.2) is 55.6 Å². The Morgan fingerprint density at radius 2 is 2.24 bits per heavy atom. The Hall–Kier alpha value is -3.12. The summed E-state index contributed by atoms with van der Waals surface area (Å²) in [6.45, 7) is 1.06. The average Bonchev–Trinajstić information content (AvgIpc) is 3.44. The monoisotopic (exact) mass is 417 g/mol. The number of nitrogens with zero attached hydrogens (tertiary/aromatic N) is 7. The number of aryl methyl sites for hydroxylation is 1. The lowest BCUT2D eigenvalue weighted by Crippen LogP contribution is -2.25. The summed E-state index contributed by atoms with van der Waals surface area (Å²) < 4.78 is 19.8. The predicted molar refractivity (Wildman–Crippen MR) is 101 cm³/mol. The standard InChI is InChI=1S/C17H16FN7O3S/c1-23-21-16(20-22-23)24-6-13-14(7-24)29-15(19-13)11-3-2-9(4-12(11)18)25-5-10(8-26)28-17(25)27/h2-4,10,26H,5-8H2,1H3/t10-/m1/s1. The summed E-state index contributed by atoms with van der Waals surface area (Å²) in [7, 11) is 1.71. The molecule has 1 aromatic carbocycles. The second kappa shape index (κ2) is 6.74. The number of rotatable bonds is 4. The number of aliphatic hydroxyl groups is 1. The molecule has 1 atom stereocenters. The fraction of sp³-hybridized carbons (Fsp3) is 0.353. The molecule has 0 bridgehead atoms. The number of aromatic nitrogens is 5. The number of amides is 1. The van der Waals surface area contributed by atoms with Crippen molar-refractivity contribution in [3.05, 3.63) is 34.6 Å². The van der Waals surface area contributed by atoms with Crippen LogP contribution < -0.4 is 9.80 Å². The van der Waals surface area contributed by atoms with Crippen molar-refractivity contribution in [1.29, 1.82) is 0 Å². The minimum atomic E-state index is -0.598. The number of carbonyl (C=O) groups excluding carboxylic acids is 1. The molecule has 2 aliphatic rings. The van der Waals surface area contributed by atoms with E-state index in [4.69, 9.17) is 9.84 Å². The first-order valence-electron chi connectivity index (χ1n) is 8.88. The second-order valence-electron chi connectivity index (χ2n) is 6.79. The van der Waals surface area contributed by atoms with Gasteiger partial charge in [-0.2, -0.15) is 4.80 Å². The third-order valence-corrected chi connectivity index (χ3v) is 5.92. The van der Waals surface area contributed by atoms with Crippen LogP contribution in [0.1, 0.15) is 10.6 Å². The minimum absolute atomic E-state index is 0.186. The van der Waals surface area contributed by atoms with Gasteiger partial charge in [0.15, 0.2) is 0 Å². The number of tetrazole rings is 1. The summed E-state index contributed by atoms with van der Waals surface area (Å²) in [4.78, 5) is 22.2. The minimum Gasteiger partial charge on any atom is -0.441 e. The predicted octanol–water partition coefficient (Wildman–Crippen LogP) is 1.31. The summed E-state index contributed by atoms with van der Waals surface area (Å²) in [5.41, 5.74) is 1.63. The van der Waals surface area contributed by atoms with Crippen LogP contribution >= 0.6 is 11.3 Å².